The van der Waals surface area contributed by atoms with E-state index in [-0.39, 0.29) is 12.5 Å². The number of hydrogen-bond donors (Lipinski definition) is 0. The van der Waals surface area contributed by atoms with Crippen LogP contribution in [0.25, 0.3) is 0 Å². The molecule has 1 saturated heterocycles. The third kappa shape index (κ3) is 4.96. The Morgan fingerprint density at radius 1 is 1.29 bits per heavy atom. The summed E-state index contributed by atoms with van der Waals surface area (Å²) in [4.78, 5) is 0. The van der Waals surface area contributed by atoms with Gasteiger partial charge in [-0.2, -0.15) is 0 Å². The Morgan fingerprint density at radius 2 is 1.94 bits per heavy atom. The fraction of sp³-hybridized carbons (Fsp3) is 0.692. The summed E-state index contributed by atoms with van der Waals surface area (Å²) in [7, 11) is -0.357. The predicted octanol–water partition coefficient (Wildman–Crippen LogP) is 2.97. The molecule has 1 fully saturated rings. The van der Waals surface area contributed by atoms with Crippen molar-refractivity contribution in [3.63, 3.8) is 0 Å². The van der Waals surface area contributed by atoms with Gasteiger partial charge in [-0.3, -0.25) is 0 Å². The van der Waals surface area contributed by atoms with Crippen molar-refractivity contribution in [1.82, 2.24) is 0 Å². The van der Waals surface area contributed by atoms with Crippen molar-refractivity contribution in [2.75, 3.05) is 19.8 Å². The van der Waals surface area contributed by atoms with E-state index in [0.29, 0.717) is 19.8 Å². The number of ether oxygens (including phenoxy) is 1. The molecule has 0 aromatic heterocycles. The summed E-state index contributed by atoms with van der Waals surface area (Å²) >= 11 is 0. The second-order valence-electron chi connectivity index (χ2n) is 4.96. The van der Waals surface area contributed by atoms with Gasteiger partial charge in [0.25, 0.3) is 0 Å². The van der Waals surface area contributed by atoms with Crippen LogP contribution in [0.3, 0.4) is 0 Å². The standard InChI is InChI=1S/C13H23BO3/c1-5-7-8-9-12(15-6-2)14-16-10-13(3,4)11-17-14/h7-9H,5-6,10-11H2,1-4H3/b8-7+,12-9-. The van der Waals surface area contributed by atoms with Crippen molar-refractivity contribution in [2.45, 2.75) is 34.1 Å². The summed E-state index contributed by atoms with van der Waals surface area (Å²) in [6.45, 7) is 10.3. The Balaban J connectivity index is 2.59. The molecule has 17 heavy (non-hydrogen) atoms. The molecule has 0 spiro atoms. The second kappa shape index (κ2) is 6.87. The molecule has 0 aromatic rings. The molecule has 4 heteroatoms. The Kier molecular flexibility index (Phi) is 5.79. The zero-order valence-electron chi connectivity index (χ0n) is 11.4. The van der Waals surface area contributed by atoms with Gasteiger partial charge in [-0.1, -0.05) is 32.9 Å². The first-order valence-electron chi connectivity index (χ1n) is 6.32. The van der Waals surface area contributed by atoms with E-state index in [9.17, 15) is 0 Å². The average Bonchev–Trinajstić information content (AvgIpc) is 2.28. The van der Waals surface area contributed by atoms with Crippen molar-refractivity contribution in [3.05, 3.63) is 23.9 Å². The minimum absolute atomic E-state index is 0.0904. The fourth-order valence-corrected chi connectivity index (χ4v) is 1.52. The van der Waals surface area contributed by atoms with Crippen LogP contribution in [0.2, 0.25) is 0 Å². The van der Waals surface area contributed by atoms with Crippen LogP contribution in [0, 0.1) is 5.41 Å². The van der Waals surface area contributed by atoms with E-state index in [0.717, 1.165) is 12.1 Å². The van der Waals surface area contributed by atoms with Crippen LogP contribution in [0.5, 0.6) is 0 Å². The normalized spacial score (nSPS) is 20.9. The molecule has 1 rings (SSSR count). The largest absolute Gasteiger partial charge is 0.531 e. The van der Waals surface area contributed by atoms with Crippen LogP contribution < -0.4 is 0 Å². The molecule has 1 heterocycles. The topological polar surface area (TPSA) is 27.7 Å². The van der Waals surface area contributed by atoms with Gasteiger partial charge < -0.3 is 14.0 Å². The molecule has 0 aromatic carbocycles. The Labute approximate surface area is 105 Å². The maximum atomic E-state index is 5.69. The van der Waals surface area contributed by atoms with E-state index in [1.165, 1.54) is 0 Å². The van der Waals surface area contributed by atoms with Gasteiger partial charge in [0.1, 0.15) is 5.66 Å². The third-order valence-corrected chi connectivity index (χ3v) is 2.43. The fourth-order valence-electron chi connectivity index (χ4n) is 1.52. The van der Waals surface area contributed by atoms with Crippen molar-refractivity contribution in [3.8, 4) is 0 Å². The minimum atomic E-state index is -0.357. The highest BCUT2D eigenvalue weighted by atomic mass is 16.6. The number of allylic oxidation sites excluding steroid dienone is 3. The smallest absolute Gasteiger partial charge is 0.502 e. The molecule has 0 saturated carbocycles. The summed E-state index contributed by atoms with van der Waals surface area (Å²) in [5.74, 6) is 0. The molecule has 1 aliphatic rings. The summed E-state index contributed by atoms with van der Waals surface area (Å²) < 4.78 is 16.9. The Hall–Kier alpha value is -0.735. The number of hydrogen-bond acceptors (Lipinski definition) is 3. The highest BCUT2D eigenvalue weighted by molar-refractivity contribution is 6.53. The summed E-state index contributed by atoms with van der Waals surface area (Å²) in [6, 6.07) is 0. The minimum Gasteiger partial charge on any atom is -0.502 e. The van der Waals surface area contributed by atoms with Gasteiger partial charge in [0.05, 0.1) is 6.61 Å². The van der Waals surface area contributed by atoms with Crippen molar-refractivity contribution in [2.24, 2.45) is 5.41 Å². The van der Waals surface area contributed by atoms with Gasteiger partial charge in [0, 0.05) is 18.6 Å². The lowest BCUT2D eigenvalue weighted by atomic mass is 9.81. The molecular formula is C13H23BO3. The van der Waals surface area contributed by atoms with Crippen LogP contribution in [-0.2, 0) is 14.0 Å². The lowest BCUT2D eigenvalue weighted by Crippen LogP contribution is -2.42. The highest BCUT2D eigenvalue weighted by Crippen LogP contribution is 2.24. The first kappa shape index (κ1) is 14.3. The average molecular weight is 238 g/mol. The lowest BCUT2D eigenvalue weighted by molar-refractivity contribution is 0.0240. The summed E-state index contributed by atoms with van der Waals surface area (Å²) in [5.41, 5.74) is 0.847. The maximum Gasteiger partial charge on any atom is 0.531 e. The van der Waals surface area contributed by atoms with Gasteiger partial charge in [-0.25, -0.2) is 0 Å². The van der Waals surface area contributed by atoms with E-state index in [1.54, 1.807) is 0 Å². The molecule has 1 aliphatic heterocycles. The molecule has 0 aliphatic carbocycles. The van der Waals surface area contributed by atoms with Gasteiger partial charge in [0.2, 0.25) is 0 Å². The van der Waals surface area contributed by atoms with Gasteiger partial charge >= 0.3 is 7.12 Å². The molecule has 0 atom stereocenters. The zero-order chi connectivity index (χ0) is 12.7. The van der Waals surface area contributed by atoms with Crippen molar-refractivity contribution in [1.29, 1.82) is 0 Å². The van der Waals surface area contributed by atoms with Gasteiger partial charge in [-0.15, -0.1) is 0 Å². The quantitative estimate of drug-likeness (QED) is 0.418. The predicted molar refractivity (Wildman–Crippen MR) is 70.6 cm³/mol. The van der Waals surface area contributed by atoms with Crippen molar-refractivity contribution < 1.29 is 14.0 Å². The van der Waals surface area contributed by atoms with Crippen LogP contribution in [0.15, 0.2) is 23.9 Å². The molecule has 96 valence electrons. The summed E-state index contributed by atoms with van der Waals surface area (Å²) in [5, 5.41) is 0. The van der Waals surface area contributed by atoms with Crippen molar-refractivity contribution >= 4 is 7.12 Å². The molecule has 0 unspecified atom stereocenters. The monoisotopic (exact) mass is 238 g/mol. The lowest BCUT2D eigenvalue weighted by Gasteiger charge is -2.33. The molecular weight excluding hydrogens is 215 g/mol. The van der Waals surface area contributed by atoms with E-state index in [1.807, 2.05) is 19.1 Å². The molecule has 3 nitrogen and oxygen atoms in total. The third-order valence-electron chi connectivity index (χ3n) is 2.43. The summed E-state index contributed by atoms with van der Waals surface area (Å²) in [6.07, 6.45) is 6.99. The van der Waals surface area contributed by atoms with E-state index < -0.39 is 0 Å². The second-order valence-corrected chi connectivity index (χ2v) is 4.96. The van der Waals surface area contributed by atoms with Crippen LogP contribution >= 0.6 is 0 Å². The van der Waals surface area contributed by atoms with Gasteiger partial charge in [-0.05, 0) is 19.4 Å². The molecule has 0 bridgehead atoms. The molecule has 0 radical (unpaired) electrons. The van der Waals surface area contributed by atoms with E-state index >= 15 is 0 Å². The molecule has 0 amide bonds. The maximum absolute atomic E-state index is 5.69. The Morgan fingerprint density at radius 3 is 2.47 bits per heavy atom. The Bertz CT molecular complexity index is 274. The van der Waals surface area contributed by atoms with Gasteiger partial charge in [0.15, 0.2) is 0 Å². The van der Waals surface area contributed by atoms with Crippen LogP contribution in [0.4, 0.5) is 0 Å². The SMILES string of the molecule is CC/C=C/C=C(\OCC)B1OCC(C)(C)CO1. The van der Waals surface area contributed by atoms with Crippen LogP contribution in [0.1, 0.15) is 34.1 Å². The zero-order valence-corrected chi connectivity index (χ0v) is 11.4. The molecule has 0 N–H and O–H groups in total. The van der Waals surface area contributed by atoms with Crippen LogP contribution in [-0.4, -0.2) is 26.9 Å². The highest BCUT2D eigenvalue weighted by Gasteiger charge is 2.35. The first-order chi connectivity index (χ1) is 8.09. The van der Waals surface area contributed by atoms with E-state index in [4.69, 9.17) is 14.0 Å². The number of rotatable bonds is 5. The van der Waals surface area contributed by atoms with E-state index in [2.05, 4.69) is 26.8 Å². The first-order valence-corrected chi connectivity index (χ1v) is 6.32.